The molecule has 31 heavy (non-hydrogen) atoms. The number of pyridine rings is 1. The molecule has 2 heterocycles. The molecular weight excluding hydrogens is 382 g/mol. The first-order chi connectivity index (χ1) is 15.2. The molecule has 0 atom stereocenters. The van der Waals surface area contributed by atoms with Crippen molar-refractivity contribution in [1.29, 1.82) is 0 Å². The Morgan fingerprint density at radius 2 is 1.55 bits per heavy atom. The summed E-state index contributed by atoms with van der Waals surface area (Å²) in [6, 6.07) is 28.6. The first-order valence-electron chi connectivity index (χ1n) is 10.8. The number of hydrogen-bond acceptors (Lipinski definition) is 3. The summed E-state index contributed by atoms with van der Waals surface area (Å²) in [5.74, 6) is 0.0835. The number of fused-ring (bicyclic) bond motifs is 1. The third-order valence-corrected chi connectivity index (χ3v) is 5.95. The van der Waals surface area contributed by atoms with E-state index in [1.54, 1.807) is 0 Å². The molecule has 0 bridgehead atoms. The van der Waals surface area contributed by atoms with Crippen LogP contribution >= 0.6 is 0 Å². The van der Waals surface area contributed by atoms with Crippen molar-refractivity contribution in [2.24, 2.45) is 0 Å². The maximum absolute atomic E-state index is 13.6. The van der Waals surface area contributed by atoms with Crippen molar-refractivity contribution >= 4 is 22.5 Å². The fourth-order valence-corrected chi connectivity index (χ4v) is 4.28. The van der Waals surface area contributed by atoms with Gasteiger partial charge in [0.15, 0.2) is 0 Å². The molecular formula is C27H25N3O. The fraction of sp³-hybridized carbons (Fsp3) is 0.185. The second-order valence-electron chi connectivity index (χ2n) is 8.06. The first kappa shape index (κ1) is 19.3. The smallest absolute Gasteiger partial charge is 0.254 e. The molecule has 1 fully saturated rings. The maximum atomic E-state index is 13.6. The second-order valence-corrected chi connectivity index (χ2v) is 8.06. The van der Waals surface area contributed by atoms with E-state index in [0.29, 0.717) is 13.1 Å². The minimum absolute atomic E-state index is 0.0835. The molecule has 1 aromatic heterocycles. The van der Waals surface area contributed by atoms with Gasteiger partial charge in [0.1, 0.15) is 0 Å². The molecule has 154 valence electrons. The molecule has 5 rings (SSSR count). The monoisotopic (exact) mass is 407 g/mol. The zero-order valence-electron chi connectivity index (χ0n) is 17.7. The number of anilines is 1. The van der Waals surface area contributed by atoms with E-state index in [9.17, 15) is 4.79 Å². The lowest BCUT2D eigenvalue weighted by Crippen LogP contribution is -2.48. The Hall–Kier alpha value is -3.66. The summed E-state index contributed by atoms with van der Waals surface area (Å²) in [5.41, 5.74) is 5.86. The van der Waals surface area contributed by atoms with Crippen LogP contribution in [0.5, 0.6) is 0 Å². The molecule has 1 saturated heterocycles. The van der Waals surface area contributed by atoms with Crippen LogP contribution in [0.3, 0.4) is 0 Å². The lowest BCUT2D eigenvalue weighted by Gasteiger charge is -2.36. The molecule has 1 aliphatic heterocycles. The van der Waals surface area contributed by atoms with Crippen LogP contribution in [0.2, 0.25) is 0 Å². The highest BCUT2D eigenvalue weighted by molar-refractivity contribution is 6.07. The van der Waals surface area contributed by atoms with E-state index in [1.807, 2.05) is 47.4 Å². The standard InChI is InChI=1S/C27H25N3O/c1-20-8-7-9-21(18-20)26-19-24(23-12-5-6-13-25(23)28-26)27(31)30-16-14-29(15-17-30)22-10-3-2-4-11-22/h2-13,18-19H,14-17H2,1H3. The summed E-state index contributed by atoms with van der Waals surface area (Å²) in [5, 5.41) is 0.911. The fourth-order valence-electron chi connectivity index (χ4n) is 4.28. The number of hydrogen-bond donors (Lipinski definition) is 0. The van der Waals surface area contributed by atoms with E-state index in [-0.39, 0.29) is 5.91 Å². The van der Waals surface area contributed by atoms with Crippen LogP contribution < -0.4 is 4.90 Å². The van der Waals surface area contributed by atoms with Crippen LogP contribution in [0, 0.1) is 6.92 Å². The molecule has 0 spiro atoms. The van der Waals surface area contributed by atoms with E-state index in [1.165, 1.54) is 11.3 Å². The van der Waals surface area contributed by atoms with Crippen molar-refractivity contribution in [2.45, 2.75) is 6.92 Å². The molecule has 1 amide bonds. The summed E-state index contributed by atoms with van der Waals surface area (Å²) >= 11 is 0. The Bertz CT molecular complexity index is 1230. The van der Waals surface area contributed by atoms with Gasteiger partial charge in [-0.05, 0) is 37.3 Å². The molecule has 1 aliphatic rings. The van der Waals surface area contributed by atoms with Crippen molar-refractivity contribution < 1.29 is 4.79 Å². The first-order valence-corrected chi connectivity index (χ1v) is 10.8. The Morgan fingerprint density at radius 3 is 2.32 bits per heavy atom. The quantitative estimate of drug-likeness (QED) is 0.470. The average molecular weight is 408 g/mol. The number of aromatic nitrogens is 1. The van der Waals surface area contributed by atoms with Gasteiger partial charge in [0.25, 0.3) is 5.91 Å². The SMILES string of the molecule is Cc1cccc(-c2cc(C(=O)N3CCN(c4ccccc4)CC3)c3ccccc3n2)c1. The average Bonchev–Trinajstić information content (AvgIpc) is 2.83. The van der Waals surface area contributed by atoms with E-state index in [4.69, 9.17) is 4.98 Å². The van der Waals surface area contributed by atoms with E-state index in [2.05, 4.69) is 54.3 Å². The lowest BCUT2D eigenvalue weighted by molar-refractivity contribution is 0.0748. The molecule has 0 aliphatic carbocycles. The summed E-state index contributed by atoms with van der Waals surface area (Å²) in [6.07, 6.45) is 0. The number of aryl methyl sites for hydroxylation is 1. The van der Waals surface area contributed by atoms with Gasteiger partial charge in [-0.2, -0.15) is 0 Å². The van der Waals surface area contributed by atoms with Gasteiger partial charge in [-0.1, -0.05) is 60.2 Å². The van der Waals surface area contributed by atoms with Gasteiger partial charge in [0.05, 0.1) is 16.8 Å². The molecule has 4 nitrogen and oxygen atoms in total. The third kappa shape index (κ3) is 3.89. The number of carbonyl (C=O) groups is 1. The molecule has 0 radical (unpaired) electrons. The second kappa shape index (κ2) is 8.23. The molecule has 0 saturated carbocycles. The minimum Gasteiger partial charge on any atom is -0.368 e. The normalized spacial score (nSPS) is 14.1. The van der Waals surface area contributed by atoms with Crippen LogP contribution in [0.1, 0.15) is 15.9 Å². The van der Waals surface area contributed by atoms with E-state index >= 15 is 0 Å². The van der Waals surface area contributed by atoms with Crippen LogP contribution in [-0.4, -0.2) is 42.0 Å². The topological polar surface area (TPSA) is 36.4 Å². The Balaban J connectivity index is 1.46. The van der Waals surface area contributed by atoms with Gasteiger partial charge < -0.3 is 9.80 Å². The Labute approximate surface area is 182 Å². The number of nitrogens with zero attached hydrogens (tertiary/aromatic N) is 3. The highest BCUT2D eigenvalue weighted by atomic mass is 16.2. The summed E-state index contributed by atoms with van der Waals surface area (Å²) in [7, 11) is 0. The molecule has 0 N–H and O–H groups in total. The number of amides is 1. The summed E-state index contributed by atoms with van der Waals surface area (Å²) < 4.78 is 0. The summed E-state index contributed by atoms with van der Waals surface area (Å²) in [6.45, 7) is 5.17. The van der Waals surface area contributed by atoms with Crippen molar-refractivity contribution in [1.82, 2.24) is 9.88 Å². The lowest BCUT2D eigenvalue weighted by atomic mass is 10.0. The Kier molecular flexibility index (Phi) is 5.13. The number of para-hydroxylation sites is 2. The molecule has 4 heteroatoms. The van der Waals surface area contributed by atoms with Crippen LogP contribution in [0.25, 0.3) is 22.2 Å². The molecule has 3 aromatic carbocycles. The summed E-state index contributed by atoms with van der Waals surface area (Å²) in [4.78, 5) is 22.7. The highest BCUT2D eigenvalue weighted by Crippen LogP contribution is 2.27. The van der Waals surface area contributed by atoms with Gasteiger partial charge in [0.2, 0.25) is 0 Å². The van der Waals surface area contributed by atoms with Gasteiger partial charge in [-0.25, -0.2) is 4.98 Å². The van der Waals surface area contributed by atoms with Gasteiger partial charge in [-0.3, -0.25) is 4.79 Å². The number of carbonyl (C=O) groups excluding carboxylic acids is 1. The van der Waals surface area contributed by atoms with Gasteiger partial charge >= 0.3 is 0 Å². The number of benzene rings is 3. The van der Waals surface area contributed by atoms with Crippen molar-refractivity contribution in [2.75, 3.05) is 31.1 Å². The van der Waals surface area contributed by atoms with Crippen molar-refractivity contribution in [3.8, 4) is 11.3 Å². The van der Waals surface area contributed by atoms with Gasteiger partial charge in [-0.15, -0.1) is 0 Å². The number of rotatable bonds is 3. The molecule has 0 unspecified atom stereocenters. The molecule has 4 aromatic rings. The van der Waals surface area contributed by atoms with Gasteiger partial charge in [0, 0.05) is 42.8 Å². The zero-order valence-corrected chi connectivity index (χ0v) is 17.7. The largest absolute Gasteiger partial charge is 0.368 e. The van der Waals surface area contributed by atoms with E-state index < -0.39 is 0 Å². The van der Waals surface area contributed by atoms with Crippen LogP contribution in [-0.2, 0) is 0 Å². The van der Waals surface area contributed by atoms with Crippen molar-refractivity contribution in [3.63, 3.8) is 0 Å². The van der Waals surface area contributed by atoms with Crippen LogP contribution in [0.4, 0.5) is 5.69 Å². The number of piperazine rings is 1. The Morgan fingerprint density at radius 1 is 0.806 bits per heavy atom. The highest BCUT2D eigenvalue weighted by Gasteiger charge is 2.24. The predicted octanol–water partition coefficient (Wildman–Crippen LogP) is 5.17. The van der Waals surface area contributed by atoms with E-state index in [0.717, 1.165) is 40.8 Å². The van der Waals surface area contributed by atoms with Crippen molar-refractivity contribution in [3.05, 3.63) is 96.1 Å². The minimum atomic E-state index is 0.0835. The zero-order chi connectivity index (χ0) is 21.2. The maximum Gasteiger partial charge on any atom is 0.254 e. The third-order valence-electron chi connectivity index (χ3n) is 5.95. The van der Waals surface area contributed by atoms with Crippen LogP contribution in [0.15, 0.2) is 84.9 Å². The predicted molar refractivity (Wildman–Crippen MR) is 126 cm³/mol.